The number of carbonyl (C=O) groups excluding carboxylic acids is 2. The maximum Gasteiger partial charge on any atom is 0.326 e. The molecule has 0 unspecified atom stereocenters. The quantitative estimate of drug-likeness (QED) is 0.333. The van der Waals surface area contributed by atoms with Crippen LogP contribution in [-0.4, -0.2) is 54.0 Å². The standard InChI is InChI=1S/C27H31Cl2N5O4/c28-20-6-2-7-21(29)23(20)25(36)34-22(26(37)38)14-16-8-10-18(11-9-16)32-24(35)17-4-1-5-19(15-17)33-27-30-12-3-13-31-27/h2,6-11,17,19,22H,1,3-5,12-15H2,(H,32,35)(H,34,36)(H,37,38)(H2,30,31,33)/t17-,19-,22-/m0/s1. The van der Waals surface area contributed by atoms with E-state index in [4.69, 9.17) is 23.2 Å². The second-order valence-electron chi connectivity index (χ2n) is 9.57. The molecule has 0 bridgehead atoms. The first kappa shape index (κ1) is 27.7. The van der Waals surface area contributed by atoms with Crippen molar-refractivity contribution in [3.8, 4) is 0 Å². The largest absolute Gasteiger partial charge is 0.480 e. The van der Waals surface area contributed by atoms with Crippen LogP contribution in [0, 0.1) is 5.92 Å². The molecular formula is C27H31Cl2N5O4. The Morgan fingerprint density at radius 1 is 1.05 bits per heavy atom. The van der Waals surface area contributed by atoms with Crippen molar-refractivity contribution in [2.45, 2.75) is 50.6 Å². The molecule has 38 heavy (non-hydrogen) atoms. The first-order valence-electron chi connectivity index (χ1n) is 12.7. The number of amides is 2. The van der Waals surface area contributed by atoms with Gasteiger partial charge in [0.1, 0.15) is 6.04 Å². The topological polar surface area (TPSA) is 132 Å². The number of halogens is 2. The zero-order chi connectivity index (χ0) is 27.1. The molecule has 1 aliphatic heterocycles. The van der Waals surface area contributed by atoms with Crippen molar-refractivity contribution in [1.82, 2.24) is 16.0 Å². The van der Waals surface area contributed by atoms with Gasteiger partial charge in [-0.25, -0.2) is 4.79 Å². The Balaban J connectivity index is 1.32. The zero-order valence-corrected chi connectivity index (χ0v) is 22.3. The minimum atomic E-state index is -1.19. The number of hydrogen-bond donors (Lipinski definition) is 5. The van der Waals surface area contributed by atoms with Crippen LogP contribution in [0.1, 0.15) is 48.0 Å². The molecule has 0 spiro atoms. The van der Waals surface area contributed by atoms with Gasteiger partial charge in [0.2, 0.25) is 5.91 Å². The molecule has 2 aliphatic rings. The number of anilines is 1. The van der Waals surface area contributed by atoms with Crippen LogP contribution in [0.4, 0.5) is 5.69 Å². The molecule has 1 fully saturated rings. The molecule has 4 rings (SSSR count). The molecular weight excluding hydrogens is 529 g/mol. The maximum atomic E-state index is 12.9. The Morgan fingerprint density at radius 3 is 2.45 bits per heavy atom. The van der Waals surface area contributed by atoms with E-state index in [2.05, 4.69) is 26.3 Å². The highest BCUT2D eigenvalue weighted by molar-refractivity contribution is 6.39. The van der Waals surface area contributed by atoms with E-state index in [0.29, 0.717) is 11.3 Å². The molecule has 9 nitrogen and oxygen atoms in total. The summed E-state index contributed by atoms with van der Waals surface area (Å²) in [6, 6.07) is 10.6. The number of aliphatic imine (C=N–C) groups is 1. The zero-order valence-electron chi connectivity index (χ0n) is 20.8. The van der Waals surface area contributed by atoms with Gasteiger partial charge < -0.3 is 26.4 Å². The number of carbonyl (C=O) groups is 3. The van der Waals surface area contributed by atoms with E-state index in [-0.39, 0.29) is 39.9 Å². The maximum absolute atomic E-state index is 12.9. The highest BCUT2D eigenvalue weighted by atomic mass is 35.5. The van der Waals surface area contributed by atoms with Gasteiger partial charge in [0.25, 0.3) is 5.91 Å². The van der Waals surface area contributed by atoms with Crippen LogP contribution in [-0.2, 0) is 16.0 Å². The number of aliphatic carboxylic acids is 1. The molecule has 2 aromatic carbocycles. The second kappa shape index (κ2) is 13.0. The summed E-state index contributed by atoms with van der Waals surface area (Å²) in [5, 5.41) is 22.1. The van der Waals surface area contributed by atoms with E-state index in [1.807, 2.05) is 0 Å². The van der Waals surface area contributed by atoms with Gasteiger partial charge in [-0.1, -0.05) is 47.8 Å². The average Bonchev–Trinajstić information content (AvgIpc) is 2.90. The van der Waals surface area contributed by atoms with Gasteiger partial charge in [-0.05, 0) is 55.5 Å². The van der Waals surface area contributed by atoms with Crippen molar-refractivity contribution in [2.75, 3.05) is 18.4 Å². The fraction of sp³-hybridized carbons (Fsp3) is 0.407. The fourth-order valence-electron chi connectivity index (χ4n) is 4.73. The molecule has 2 amide bonds. The number of carboxylic acids is 1. The number of nitrogens with one attached hydrogen (secondary N) is 4. The number of hydrogen-bond acceptors (Lipinski definition) is 6. The van der Waals surface area contributed by atoms with Gasteiger partial charge in [0.05, 0.1) is 15.6 Å². The Kier molecular flexibility index (Phi) is 9.47. The van der Waals surface area contributed by atoms with Crippen molar-refractivity contribution < 1.29 is 19.5 Å². The Labute approximate surface area is 231 Å². The number of carboxylic acid groups (broad SMARTS) is 1. The highest BCUT2D eigenvalue weighted by Crippen LogP contribution is 2.26. The molecule has 0 radical (unpaired) electrons. The summed E-state index contributed by atoms with van der Waals surface area (Å²) in [5.74, 6) is -1.16. The summed E-state index contributed by atoms with van der Waals surface area (Å²) in [7, 11) is 0. The third-order valence-corrected chi connectivity index (χ3v) is 7.37. The number of nitrogens with zero attached hydrogens (tertiary/aromatic N) is 1. The lowest BCUT2D eigenvalue weighted by atomic mass is 9.85. The molecule has 3 atom stereocenters. The molecule has 0 saturated heterocycles. The van der Waals surface area contributed by atoms with Gasteiger partial charge in [-0.2, -0.15) is 0 Å². The molecule has 1 heterocycles. The van der Waals surface area contributed by atoms with Crippen LogP contribution in [0.3, 0.4) is 0 Å². The number of rotatable bonds is 8. The van der Waals surface area contributed by atoms with Crippen LogP contribution < -0.4 is 21.3 Å². The molecule has 5 N–H and O–H groups in total. The molecule has 1 saturated carbocycles. The van der Waals surface area contributed by atoms with Gasteiger partial charge >= 0.3 is 5.97 Å². The lowest BCUT2D eigenvalue weighted by Gasteiger charge is -2.30. The Hall–Kier alpha value is -3.30. The molecule has 2 aromatic rings. The Morgan fingerprint density at radius 2 is 1.79 bits per heavy atom. The van der Waals surface area contributed by atoms with Crippen LogP contribution >= 0.6 is 23.2 Å². The predicted octanol–water partition coefficient (Wildman–Crippen LogP) is 3.86. The van der Waals surface area contributed by atoms with E-state index in [1.165, 1.54) is 12.1 Å². The third-order valence-electron chi connectivity index (χ3n) is 6.74. The summed E-state index contributed by atoms with van der Waals surface area (Å²) in [6.07, 6.45) is 4.61. The van der Waals surface area contributed by atoms with Crippen molar-refractivity contribution in [1.29, 1.82) is 0 Å². The second-order valence-corrected chi connectivity index (χ2v) is 10.4. The summed E-state index contributed by atoms with van der Waals surface area (Å²) in [6.45, 7) is 1.73. The van der Waals surface area contributed by atoms with Crippen molar-refractivity contribution in [3.05, 3.63) is 63.6 Å². The van der Waals surface area contributed by atoms with E-state index >= 15 is 0 Å². The lowest BCUT2D eigenvalue weighted by molar-refractivity contribution is -0.139. The minimum Gasteiger partial charge on any atom is -0.480 e. The van der Waals surface area contributed by atoms with Crippen LogP contribution in [0.5, 0.6) is 0 Å². The fourth-order valence-corrected chi connectivity index (χ4v) is 5.30. The van der Waals surface area contributed by atoms with Crippen LogP contribution in [0.2, 0.25) is 10.0 Å². The smallest absolute Gasteiger partial charge is 0.326 e. The van der Waals surface area contributed by atoms with Crippen molar-refractivity contribution in [2.24, 2.45) is 10.9 Å². The predicted molar refractivity (Wildman–Crippen MR) is 148 cm³/mol. The number of benzene rings is 2. The van der Waals surface area contributed by atoms with Gasteiger partial charge in [-0.15, -0.1) is 0 Å². The SMILES string of the molecule is O=C(N[C@@H](Cc1ccc(NC(=O)[C@H]2CCC[C@H](NC3=NCCCN3)C2)cc1)C(=O)O)c1c(Cl)cccc1Cl. The Bertz CT molecular complexity index is 1180. The molecule has 0 aromatic heterocycles. The van der Waals surface area contributed by atoms with Gasteiger partial charge in [0.15, 0.2) is 5.96 Å². The van der Waals surface area contributed by atoms with Crippen LogP contribution in [0.15, 0.2) is 47.5 Å². The van der Waals surface area contributed by atoms with Gasteiger partial charge in [-0.3, -0.25) is 14.6 Å². The summed E-state index contributed by atoms with van der Waals surface area (Å²) in [5.41, 5.74) is 1.35. The van der Waals surface area contributed by atoms with E-state index in [9.17, 15) is 19.5 Å². The summed E-state index contributed by atoms with van der Waals surface area (Å²) >= 11 is 12.2. The normalized spacial score (nSPS) is 19.9. The summed E-state index contributed by atoms with van der Waals surface area (Å²) < 4.78 is 0. The number of guanidine groups is 1. The highest BCUT2D eigenvalue weighted by Gasteiger charge is 2.28. The van der Waals surface area contributed by atoms with E-state index < -0.39 is 17.9 Å². The van der Waals surface area contributed by atoms with Crippen LogP contribution in [0.25, 0.3) is 0 Å². The van der Waals surface area contributed by atoms with Crippen molar-refractivity contribution in [3.63, 3.8) is 0 Å². The van der Waals surface area contributed by atoms with E-state index in [0.717, 1.165) is 51.2 Å². The first-order valence-corrected chi connectivity index (χ1v) is 13.5. The monoisotopic (exact) mass is 559 g/mol. The molecule has 11 heteroatoms. The third kappa shape index (κ3) is 7.39. The minimum absolute atomic E-state index is 0.0308. The molecule has 1 aliphatic carbocycles. The summed E-state index contributed by atoms with van der Waals surface area (Å²) in [4.78, 5) is 41.9. The first-order chi connectivity index (χ1) is 18.3. The van der Waals surface area contributed by atoms with E-state index in [1.54, 1.807) is 30.3 Å². The van der Waals surface area contributed by atoms with Gasteiger partial charge in [0, 0.05) is 37.2 Å². The molecule has 202 valence electrons. The van der Waals surface area contributed by atoms with Crippen molar-refractivity contribution >= 4 is 52.6 Å². The lowest BCUT2D eigenvalue weighted by Crippen LogP contribution is -2.48. The average molecular weight is 560 g/mol.